The normalized spacial score (nSPS) is 12.1. The summed E-state index contributed by atoms with van der Waals surface area (Å²) in [6.45, 7) is 0.441. The zero-order valence-corrected chi connectivity index (χ0v) is 14.9. The van der Waals surface area contributed by atoms with E-state index in [1.54, 1.807) is 30.3 Å². The average molecular weight is 373 g/mol. The van der Waals surface area contributed by atoms with Crippen molar-refractivity contribution < 1.29 is 33.3 Å². The molecular weight excluding hydrogens is 354 g/mol. The minimum Gasteiger partial charge on any atom is -0.497 e. The Morgan fingerprint density at radius 3 is 2.30 bits per heavy atom. The van der Waals surface area contributed by atoms with Gasteiger partial charge in [0, 0.05) is 23.9 Å². The second kappa shape index (κ2) is 8.31. The quantitative estimate of drug-likeness (QED) is 0.777. The number of carbonyl (C=O) groups excluding carboxylic acids is 2. The van der Waals surface area contributed by atoms with Gasteiger partial charge < -0.3 is 29.0 Å². The minimum atomic E-state index is -0.634. The van der Waals surface area contributed by atoms with Gasteiger partial charge in [-0.1, -0.05) is 0 Å². The number of benzene rings is 2. The van der Waals surface area contributed by atoms with Gasteiger partial charge in [-0.25, -0.2) is 4.79 Å². The third-order valence-corrected chi connectivity index (χ3v) is 3.75. The van der Waals surface area contributed by atoms with Crippen molar-refractivity contribution in [2.45, 2.75) is 0 Å². The number of carbonyl (C=O) groups is 2. The first-order valence-corrected chi connectivity index (χ1v) is 8.19. The van der Waals surface area contributed by atoms with E-state index in [4.69, 9.17) is 23.7 Å². The van der Waals surface area contributed by atoms with Gasteiger partial charge in [-0.2, -0.15) is 0 Å². The molecular formula is C19H19NO7. The Hall–Kier alpha value is -3.42. The minimum absolute atomic E-state index is 0.273. The maximum absolute atomic E-state index is 12.1. The molecule has 2 aromatic carbocycles. The molecule has 0 saturated carbocycles. The van der Waals surface area contributed by atoms with E-state index in [-0.39, 0.29) is 5.56 Å². The molecule has 1 N–H and O–H groups in total. The van der Waals surface area contributed by atoms with Gasteiger partial charge in [0.1, 0.15) is 24.7 Å². The molecule has 0 fully saturated rings. The fraction of sp³-hybridized carbons (Fsp3) is 0.263. The maximum atomic E-state index is 12.1. The van der Waals surface area contributed by atoms with Crippen molar-refractivity contribution in [2.24, 2.45) is 0 Å². The molecule has 0 bridgehead atoms. The second-order valence-electron chi connectivity index (χ2n) is 5.58. The molecule has 0 aromatic heterocycles. The molecule has 1 heterocycles. The first-order chi connectivity index (χ1) is 13.1. The van der Waals surface area contributed by atoms with Crippen LogP contribution in [0.4, 0.5) is 5.69 Å². The van der Waals surface area contributed by atoms with E-state index < -0.39 is 18.5 Å². The van der Waals surface area contributed by atoms with Crippen molar-refractivity contribution in [3.63, 3.8) is 0 Å². The van der Waals surface area contributed by atoms with Crippen LogP contribution >= 0.6 is 0 Å². The molecule has 1 amide bonds. The van der Waals surface area contributed by atoms with Crippen molar-refractivity contribution in [1.29, 1.82) is 0 Å². The van der Waals surface area contributed by atoms with Gasteiger partial charge in [0.25, 0.3) is 5.91 Å². The van der Waals surface area contributed by atoms with Crippen LogP contribution in [0.3, 0.4) is 0 Å². The molecule has 0 spiro atoms. The number of hydrogen-bond donors (Lipinski definition) is 1. The Bertz CT molecular complexity index is 828. The third-order valence-electron chi connectivity index (χ3n) is 3.75. The van der Waals surface area contributed by atoms with Crippen molar-refractivity contribution in [1.82, 2.24) is 0 Å². The highest BCUT2D eigenvalue weighted by molar-refractivity contribution is 5.96. The van der Waals surface area contributed by atoms with Crippen LogP contribution in [0.15, 0.2) is 36.4 Å². The van der Waals surface area contributed by atoms with E-state index in [0.29, 0.717) is 41.9 Å². The summed E-state index contributed by atoms with van der Waals surface area (Å²) in [5, 5.41) is 2.63. The lowest BCUT2D eigenvalue weighted by Crippen LogP contribution is -2.21. The number of amides is 1. The standard InChI is InChI=1S/C19H19NO7/c1-23-14-8-13(9-15(10-14)24-2)20-18(21)11-27-19(22)12-3-4-16-17(7-12)26-6-5-25-16/h3-4,7-10H,5-6,11H2,1-2H3,(H,20,21). The number of anilines is 1. The number of ether oxygens (including phenoxy) is 5. The summed E-state index contributed by atoms with van der Waals surface area (Å²) in [4.78, 5) is 24.2. The predicted octanol–water partition coefficient (Wildman–Crippen LogP) is 2.27. The van der Waals surface area contributed by atoms with Gasteiger partial charge in [-0.15, -0.1) is 0 Å². The number of nitrogens with one attached hydrogen (secondary N) is 1. The van der Waals surface area contributed by atoms with Crippen LogP contribution in [-0.2, 0) is 9.53 Å². The van der Waals surface area contributed by atoms with Crippen LogP contribution in [0.1, 0.15) is 10.4 Å². The summed E-state index contributed by atoms with van der Waals surface area (Å²) >= 11 is 0. The molecule has 8 heteroatoms. The summed E-state index contributed by atoms with van der Waals surface area (Å²) in [6, 6.07) is 9.65. The third kappa shape index (κ3) is 4.60. The first-order valence-electron chi connectivity index (χ1n) is 8.19. The van der Waals surface area contributed by atoms with E-state index >= 15 is 0 Å². The Labute approximate surface area is 155 Å². The second-order valence-corrected chi connectivity index (χ2v) is 5.58. The fourth-order valence-corrected chi connectivity index (χ4v) is 2.46. The molecule has 142 valence electrons. The molecule has 2 aromatic rings. The molecule has 0 radical (unpaired) electrons. The summed E-state index contributed by atoms with van der Waals surface area (Å²) in [6.07, 6.45) is 0. The van der Waals surface area contributed by atoms with Crippen molar-refractivity contribution in [3.05, 3.63) is 42.0 Å². The highest BCUT2D eigenvalue weighted by atomic mass is 16.6. The first kappa shape index (κ1) is 18.4. The predicted molar refractivity (Wildman–Crippen MR) is 95.9 cm³/mol. The number of esters is 1. The molecule has 27 heavy (non-hydrogen) atoms. The van der Waals surface area contributed by atoms with E-state index in [0.717, 1.165) is 0 Å². The zero-order valence-electron chi connectivity index (χ0n) is 14.9. The Balaban J connectivity index is 1.58. The Kier molecular flexibility index (Phi) is 5.65. The molecule has 0 aliphatic carbocycles. The van der Waals surface area contributed by atoms with Crippen LogP contribution in [0, 0.1) is 0 Å². The lowest BCUT2D eigenvalue weighted by molar-refractivity contribution is -0.119. The summed E-state index contributed by atoms with van der Waals surface area (Å²) < 4.78 is 26.2. The maximum Gasteiger partial charge on any atom is 0.338 e. The fourth-order valence-electron chi connectivity index (χ4n) is 2.46. The van der Waals surface area contributed by atoms with E-state index in [1.165, 1.54) is 20.3 Å². The van der Waals surface area contributed by atoms with Crippen molar-refractivity contribution in [3.8, 4) is 23.0 Å². The zero-order chi connectivity index (χ0) is 19.2. The Morgan fingerprint density at radius 2 is 1.63 bits per heavy atom. The lowest BCUT2D eigenvalue weighted by Gasteiger charge is -2.18. The van der Waals surface area contributed by atoms with Crippen LogP contribution in [0.2, 0.25) is 0 Å². The van der Waals surface area contributed by atoms with Crippen LogP contribution in [0.25, 0.3) is 0 Å². The topological polar surface area (TPSA) is 92.3 Å². The van der Waals surface area contributed by atoms with Crippen LogP contribution < -0.4 is 24.3 Å². The van der Waals surface area contributed by atoms with Crippen LogP contribution in [-0.4, -0.2) is 45.9 Å². The van der Waals surface area contributed by atoms with Gasteiger partial charge in [-0.05, 0) is 18.2 Å². The van der Waals surface area contributed by atoms with Gasteiger partial charge in [-0.3, -0.25) is 4.79 Å². The summed E-state index contributed by atoms with van der Waals surface area (Å²) in [7, 11) is 3.02. The van der Waals surface area contributed by atoms with Gasteiger partial charge in [0.15, 0.2) is 18.1 Å². The Morgan fingerprint density at radius 1 is 0.963 bits per heavy atom. The van der Waals surface area contributed by atoms with Crippen molar-refractivity contribution >= 4 is 17.6 Å². The largest absolute Gasteiger partial charge is 0.497 e. The number of hydrogen-bond acceptors (Lipinski definition) is 7. The number of methoxy groups -OCH3 is 2. The average Bonchev–Trinajstić information content (AvgIpc) is 2.71. The molecule has 0 saturated heterocycles. The van der Waals surface area contributed by atoms with Crippen LogP contribution in [0.5, 0.6) is 23.0 Å². The number of fused-ring (bicyclic) bond motifs is 1. The highest BCUT2D eigenvalue weighted by Gasteiger charge is 2.17. The molecule has 0 unspecified atom stereocenters. The van der Waals surface area contributed by atoms with Crippen molar-refractivity contribution in [2.75, 3.05) is 39.4 Å². The van der Waals surface area contributed by atoms with Gasteiger partial charge in [0.05, 0.1) is 19.8 Å². The number of rotatable bonds is 6. The smallest absolute Gasteiger partial charge is 0.338 e. The van der Waals surface area contributed by atoms with E-state index in [9.17, 15) is 9.59 Å². The monoisotopic (exact) mass is 373 g/mol. The highest BCUT2D eigenvalue weighted by Crippen LogP contribution is 2.31. The molecule has 0 atom stereocenters. The van der Waals surface area contributed by atoms with E-state index in [1.807, 2.05) is 0 Å². The molecule has 3 rings (SSSR count). The summed E-state index contributed by atoms with van der Waals surface area (Å²) in [5.74, 6) is 0.975. The molecule has 1 aliphatic rings. The van der Waals surface area contributed by atoms with Gasteiger partial charge >= 0.3 is 5.97 Å². The van der Waals surface area contributed by atoms with E-state index in [2.05, 4.69) is 5.32 Å². The summed E-state index contributed by atoms with van der Waals surface area (Å²) in [5.41, 5.74) is 0.738. The SMILES string of the molecule is COc1cc(NC(=O)COC(=O)c2ccc3c(c2)OCCO3)cc(OC)c1. The molecule has 8 nitrogen and oxygen atoms in total. The lowest BCUT2D eigenvalue weighted by atomic mass is 10.2. The molecule has 1 aliphatic heterocycles. The van der Waals surface area contributed by atoms with Gasteiger partial charge in [0.2, 0.25) is 0 Å².